The van der Waals surface area contributed by atoms with Crippen molar-refractivity contribution < 1.29 is 14.6 Å². The molecule has 0 fully saturated rings. The molecule has 2 aromatic rings. The Labute approximate surface area is 130 Å². The average Bonchev–Trinajstić information content (AvgIpc) is 2.87. The predicted octanol–water partition coefficient (Wildman–Crippen LogP) is 2.86. The van der Waals surface area contributed by atoms with Gasteiger partial charge in [0.2, 0.25) is 0 Å². The highest BCUT2D eigenvalue weighted by atomic mass is 16.6. The highest BCUT2D eigenvalue weighted by Crippen LogP contribution is 2.44. The smallest absolute Gasteiger partial charge is 0.409 e. The van der Waals surface area contributed by atoms with Gasteiger partial charge in [0.15, 0.2) is 0 Å². The van der Waals surface area contributed by atoms with Crippen LogP contribution in [0.1, 0.15) is 17.0 Å². The average molecular weight is 297 g/mol. The maximum Gasteiger partial charge on any atom is 0.409 e. The van der Waals surface area contributed by atoms with Crippen LogP contribution in [0.3, 0.4) is 0 Å². The van der Waals surface area contributed by atoms with Crippen LogP contribution in [0, 0.1) is 0 Å². The molecule has 4 heteroatoms. The second-order valence-corrected chi connectivity index (χ2v) is 5.45. The summed E-state index contributed by atoms with van der Waals surface area (Å²) in [6.45, 7) is 0.514. The maximum absolute atomic E-state index is 11.9. The van der Waals surface area contributed by atoms with E-state index in [0.717, 1.165) is 0 Å². The zero-order valence-electron chi connectivity index (χ0n) is 12.5. The molecule has 0 radical (unpaired) electrons. The first-order valence-corrected chi connectivity index (χ1v) is 7.39. The van der Waals surface area contributed by atoms with E-state index in [9.17, 15) is 4.79 Å². The van der Waals surface area contributed by atoms with Gasteiger partial charge in [-0.05, 0) is 22.3 Å². The molecule has 1 amide bonds. The van der Waals surface area contributed by atoms with Crippen LogP contribution < -0.4 is 0 Å². The van der Waals surface area contributed by atoms with Crippen molar-refractivity contribution in [3.05, 3.63) is 59.7 Å². The van der Waals surface area contributed by atoms with Crippen molar-refractivity contribution in [2.24, 2.45) is 0 Å². The van der Waals surface area contributed by atoms with Gasteiger partial charge in [0.1, 0.15) is 6.61 Å². The van der Waals surface area contributed by atoms with Crippen molar-refractivity contribution in [3.8, 4) is 11.1 Å². The Bertz CT molecular complexity index is 638. The third-order valence-corrected chi connectivity index (χ3v) is 4.08. The fourth-order valence-electron chi connectivity index (χ4n) is 2.95. The Morgan fingerprint density at radius 1 is 1.09 bits per heavy atom. The van der Waals surface area contributed by atoms with E-state index in [0.29, 0.717) is 6.61 Å². The quantitative estimate of drug-likeness (QED) is 0.944. The summed E-state index contributed by atoms with van der Waals surface area (Å²) in [6, 6.07) is 16.5. The first kappa shape index (κ1) is 14.6. The number of hydrogen-bond donors (Lipinski definition) is 1. The van der Waals surface area contributed by atoms with Crippen LogP contribution in [-0.4, -0.2) is 42.9 Å². The Morgan fingerprint density at radius 2 is 1.64 bits per heavy atom. The Balaban J connectivity index is 1.81. The molecule has 0 saturated carbocycles. The van der Waals surface area contributed by atoms with Crippen molar-refractivity contribution in [1.29, 1.82) is 0 Å². The van der Waals surface area contributed by atoms with Crippen LogP contribution >= 0.6 is 0 Å². The second kappa shape index (κ2) is 6.20. The van der Waals surface area contributed by atoms with Crippen molar-refractivity contribution in [1.82, 2.24) is 4.90 Å². The molecule has 0 atom stereocenters. The number of aliphatic hydroxyl groups is 1. The summed E-state index contributed by atoms with van der Waals surface area (Å²) in [5.74, 6) is 0.0684. The highest BCUT2D eigenvalue weighted by Gasteiger charge is 2.29. The second-order valence-electron chi connectivity index (χ2n) is 5.45. The zero-order chi connectivity index (χ0) is 15.5. The predicted molar refractivity (Wildman–Crippen MR) is 84.8 cm³/mol. The normalized spacial score (nSPS) is 12.6. The first-order chi connectivity index (χ1) is 10.7. The SMILES string of the molecule is CN(CCO)C(=O)OCC1c2ccccc2-c2ccccc21. The first-order valence-electron chi connectivity index (χ1n) is 7.39. The number of aliphatic hydroxyl groups excluding tert-OH is 1. The van der Waals surface area contributed by atoms with Gasteiger partial charge in [0, 0.05) is 19.5 Å². The highest BCUT2D eigenvalue weighted by molar-refractivity contribution is 5.79. The number of rotatable bonds is 4. The lowest BCUT2D eigenvalue weighted by Gasteiger charge is -2.18. The van der Waals surface area contributed by atoms with Gasteiger partial charge in [-0.15, -0.1) is 0 Å². The van der Waals surface area contributed by atoms with Crippen LogP contribution in [0.5, 0.6) is 0 Å². The molecule has 0 aliphatic heterocycles. The number of fused-ring (bicyclic) bond motifs is 3. The Hall–Kier alpha value is -2.33. The topological polar surface area (TPSA) is 49.8 Å². The molecule has 4 nitrogen and oxygen atoms in total. The third-order valence-electron chi connectivity index (χ3n) is 4.08. The van der Waals surface area contributed by atoms with Crippen LogP contribution in [-0.2, 0) is 4.74 Å². The zero-order valence-corrected chi connectivity index (χ0v) is 12.5. The Kier molecular flexibility index (Phi) is 4.11. The lowest BCUT2D eigenvalue weighted by atomic mass is 9.98. The molecule has 22 heavy (non-hydrogen) atoms. The molecule has 0 aromatic heterocycles. The summed E-state index contributed by atoms with van der Waals surface area (Å²) in [4.78, 5) is 13.3. The molecular formula is C18H19NO3. The minimum Gasteiger partial charge on any atom is -0.448 e. The van der Waals surface area contributed by atoms with Gasteiger partial charge >= 0.3 is 6.09 Å². The molecule has 0 bridgehead atoms. The number of carbonyl (C=O) groups is 1. The molecule has 1 N–H and O–H groups in total. The third kappa shape index (κ3) is 2.57. The summed E-state index contributed by atoms with van der Waals surface area (Å²) in [5, 5.41) is 8.88. The molecule has 0 saturated heterocycles. The number of nitrogens with zero attached hydrogens (tertiary/aromatic N) is 1. The summed E-state index contributed by atoms with van der Waals surface area (Å²) >= 11 is 0. The van der Waals surface area contributed by atoms with Gasteiger partial charge in [0.25, 0.3) is 0 Å². The van der Waals surface area contributed by atoms with Crippen molar-refractivity contribution in [2.45, 2.75) is 5.92 Å². The summed E-state index contributed by atoms with van der Waals surface area (Å²) < 4.78 is 5.43. The van der Waals surface area contributed by atoms with Gasteiger partial charge in [-0.3, -0.25) is 0 Å². The Morgan fingerprint density at radius 3 is 2.18 bits per heavy atom. The number of likely N-dealkylation sites (N-methyl/N-ethyl adjacent to an activating group) is 1. The summed E-state index contributed by atoms with van der Waals surface area (Å²) in [6.07, 6.45) is -0.407. The van der Waals surface area contributed by atoms with Crippen molar-refractivity contribution in [2.75, 3.05) is 26.8 Å². The lowest BCUT2D eigenvalue weighted by molar-refractivity contribution is 0.101. The largest absolute Gasteiger partial charge is 0.448 e. The van der Waals surface area contributed by atoms with E-state index in [1.165, 1.54) is 27.2 Å². The van der Waals surface area contributed by atoms with Crippen LogP contribution in [0.2, 0.25) is 0 Å². The van der Waals surface area contributed by atoms with Crippen LogP contribution in [0.25, 0.3) is 11.1 Å². The van der Waals surface area contributed by atoms with Crippen molar-refractivity contribution in [3.63, 3.8) is 0 Å². The summed E-state index contributed by atoms with van der Waals surface area (Å²) in [5.41, 5.74) is 4.81. The van der Waals surface area contributed by atoms with Gasteiger partial charge in [-0.25, -0.2) is 4.79 Å². The number of benzene rings is 2. The molecule has 0 spiro atoms. The molecular weight excluding hydrogens is 278 g/mol. The van der Waals surface area contributed by atoms with Gasteiger partial charge < -0.3 is 14.7 Å². The fourth-order valence-corrected chi connectivity index (χ4v) is 2.95. The lowest BCUT2D eigenvalue weighted by Crippen LogP contribution is -2.31. The van der Waals surface area contributed by atoms with E-state index in [4.69, 9.17) is 9.84 Å². The number of amides is 1. The molecule has 114 valence electrons. The molecule has 2 aromatic carbocycles. The van der Waals surface area contributed by atoms with Gasteiger partial charge in [-0.1, -0.05) is 48.5 Å². The molecule has 1 aliphatic carbocycles. The van der Waals surface area contributed by atoms with E-state index in [1.807, 2.05) is 24.3 Å². The van der Waals surface area contributed by atoms with E-state index >= 15 is 0 Å². The fraction of sp³-hybridized carbons (Fsp3) is 0.278. The van der Waals surface area contributed by atoms with E-state index < -0.39 is 6.09 Å². The maximum atomic E-state index is 11.9. The van der Waals surface area contributed by atoms with Crippen LogP contribution in [0.15, 0.2) is 48.5 Å². The monoisotopic (exact) mass is 297 g/mol. The van der Waals surface area contributed by atoms with E-state index in [2.05, 4.69) is 24.3 Å². The summed E-state index contributed by atoms with van der Waals surface area (Å²) in [7, 11) is 1.62. The van der Waals surface area contributed by atoms with E-state index in [-0.39, 0.29) is 19.1 Å². The number of carbonyl (C=O) groups excluding carboxylic acids is 1. The molecule has 0 heterocycles. The van der Waals surface area contributed by atoms with Crippen LogP contribution in [0.4, 0.5) is 4.79 Å². The number of hydrogen-bond acceptors (Lipinski definition) is 3. The van der Waals surface area contributed by atoms with E-state index in [1.54, 1.807) is 7.05 Å². The minimum absolute atomic E-state index is 0.0684. The standard InChI is InChI=1S/C18H19NO3/c1-19(10-11-20)18(21)22-12-17-15-8-4-2-6-13(15)14-7-3-5-9-16(14)17/h2-9,17,20H,10-12H2,1H3. The van der Waals surface area contributed by atoms with Gasteiger partial charge in [0.05, 0.1) is 6.61 Å². The number of ether oxygens (including phenoxy) is 1. The van der Waals surface area contributed by atoms with Crippen molar-refractivity contribution >= 4 is 6.09 Å². The molecule has 1 aliphatic rings. The molecule has 3 rings (SSSR count). The van der Waals surface area contributed by atoms with Gasteiger partial charge in [-0.2, -0.15) is 0 Å². The minimum atomic E-state index is -0.407. The molecule has 0 unspecified atom stereocenters.